The maximum atomic E-state index is 5.34. The van der Waals surface area contributed by atoms with E-state index in [0.29, 0.717) is 6.04 Å². The molecule has 0 bridgehead atoms. The number of hydrogen-bond donors (Lipinski definition) is 1. The second-order valence-electron chi connectivity index (χ2n) is 5.30. The molecule has 0 spiro atoms. The molecule has 104 valence electrons. The Morgan fingerprint density at radius 2 is 2.10 bits per heavy atom. The summed E-state index contributed by atoms with van der Waals surface area (Å²) in [4.78, 5) is 0. The molecule has 20 heavy (non-hydrogen) atoms. The van der Waals surface area contributed by atoms with Crippen molar-refractivity contribution in [2.75, 3.05) is 13.7 Å². The lowest BCUT2D eigenvalue weighted by molar-refractivity contribution is 0.413. The van der Waals surface area contributed by atoms with Crippen LogP contribution in [-0.2, 0) is 12.8 Å². The number of ether oxygens (including phenoxy) is 1. The molecule has 1 aliphatic heterocycles. The van der Waals surface area contributed by atoms with E-state index in [1.165, 1.54) is 22.3 Å². The minimum absolute atomic E-state index is 0.302. The van der Waals surface area contributed by atoms with Crippen molar-refractivity contribution in [2.24, 2.45) is 0 Å². The average molecular weight is 267 g/mol. The highest BCUT2D eigenvalue weighted by molar-refractivity contribution is 5.44. The number of hydrogen-bond acceptors (Lipinski definition) is 2. The van der Waals surface area contributed by atoms with Gasteiger partial charge in [0.1, 0.15) is 5.75 Å². The zero-order valence-electron chi connectivity index (χ0n) is 12.1. The molecule has 1 N–H and O–H groups in total. The Hall–Kier alpha value is -1.80. The van der Waals surface area contributed by atoms with Gasteiger partial charge in [-0.3, -0.25) is 0 Å². The highest BCUT2D eigenvalue weighted by Gasteiger charge is 2.21. The largest absolute Gasteiger partial charge is 0.497 e. The SMILES string of the molecule is CCc1cccc(C2NCCc3cc(OC)ccc32)c1. The van der Waals surface area contributed by atoms with Crippen LogP contribution in [0.5, 0.6) is 5.75 Å². The molecule has 0 radical (unpaired) electrons. The van der Waals surface area contributed by atoms with Crippen molar-refractivity contribution in [3.63, 3.8) is 0 Å². The van der Waals surface area contributed by atoms with E-state index in [2.05, 4.69) is 54.7 Å². The topological polar surface area (TPSA) is 21.3 Å². The first kappa shape index (κ1) is 13.2. The minimum atomic E-state index is 0.302. The van der Waals surface area contributed by atoms with Gasteiger partial charge in [-0.15, -0.1) is 0 Å². The van der Waals surface area contributed by atoms with Crippen molar-refractivity contribution in [3.8, 4) is 5.75 Å². The zero-order valence-corrected chi connectivity index (χ0v) is 12.1. The highest BCUT2D eigenvalue weighted by Crippen LogP contribution is 2.31. The van der Waals surface area contributed by atoms with Gasteiger partial charge in [-0.2, -0.15) is 0 Å². The lowest BCUT2D eigenvalue weighted by Gasteiger charge is -2.28. The van der Waals surface area contributed by atoms with Crippen LogP contribution in [0.4, 0.5) is 0 Å². The fraction of sp³-hybridized carbons (Fsp3) is 0.333. The molecule has 1 heterocycles. The lowest BCUT2D eigenvalue weighted by atomic mass is 9.89. The summed E-state index contributed by atoms with van der Waals surface area (Å²) in [6.45, 7) is 3.22. The van der Waals surface area contributed by atoms with Gasteiger partial charge in [0, 0.05) is 6.54 Å². The van der Waals surface area contributed by atoms with Crippen molar-refractivity contribution in [1.82, 2.24) is 5.32 Å². The number of methoxy groups -OCH3 is 1. The third-order valence-electron chi connectivity index (χ3n) is 4.10. The predicted molar refractivity (Wildman–Crippen MR) is 82.4 cm³/mol. The van der Waals surface area contributed by atoms with E-state index in [1.807, 2.05) is 0 Å². The normalized spacial score (nSPS) is 17.6. The van der Waals surface area contributed by atoms with Crippen LogP contribution in [0.25, 0.3) is 0 Å². The zero-order chi connectivity index (χ0) is 13.9. The Bertz CT molecular complexity index is 606. The van der Waals surface area contributed by atoms with E-state index in [0.717, 1.165) is 25.1 Å². The van der Waals surface area contributed by atoms with Crippen LogP contribution in [0, 0.1) is 0 Å². The number of aryl methyl sites for hydroxylation is 1. The highest BCUT2D eigenvalue weighted by atomic mass is 16.5. The van der Waals surface area contributed by atoms with Crippen LogP contribution >= 0.6 is 0 Å². The molecule has 2 nitrogen and oxygen atoms in total. The minimum Gasteiger partial charge on any atom is -0.497 e. The Morgan fingerprint density at radius 3 is 2.90 bits per heavy atom. The summed E-state index contributed by atoms with van der Waals surface area (Å²) >= 11 is 0. The van der Waals surface area contributed by atoms with Crippen molar-refractivity contribution in [2.45, 2.75) is 25.8 Å². The Morgan fingerprint density at radius 1 is 1.20 bits per heavy atom. The van der Waals surface area contributed by atoms with Crippen LogP contribution in [0.1, 0.15) is 35.2 Å². The summed E-state index contributed by atoms with van der Waals surface area (Å²) in [6.07, 6.45) is 2.15. The molecule has 0 saturated heterocycles. The lowest BCUT2D eigenvalue weighted by Crippen LogP contribution is -2.30. The standard InChI is InChI=1S/C18H21NO/c1-3-13-5-4-6-15(11-13)18-17-8-7-16(20-2)12-14(17)9-10-19-18/h4-8,11-12,18-19H,3,9-10H2,1-2H3. The van der Waals surface area contributed by atoms with Gasteiger partial charge in [-0.05, 0) is 47.2 Å². The first-order valence-electron chi connectivity index (χ1n) is 7.31. The van der Waals surface area contributed by atoms with Gasteiger partial charge in [0.05, 0.1) is 13.2 Å². The maximum absolute atomic E-state index is 5.34. The van der Waals surface area contributed by atoms with Crippen LogP contribution in [0.15, 0.2) is 42.5 Å². The first-order chi connectivity index (χ1) is 9.81. The van der Waals surface area contributed by atoms with E-state index in [-0.39, 0.29) is 0 Å². The van der Waals surface area contributed by atoms with Crippen LogP contribution in [-0.4, -0.2) is 13.7 Å². The molecule has 1 aliphatic rings. The van der Waals surface area contributed by atoms with Gasteiger partial charge < -0.3 is 10.1 Å². The predicted octanol–water partition coefficient (Wildman–Crippen LogP) is 3.49. The molecule has 0 amide bonds. The summed E-state index contributed by atoms with van der Waals surface area (Å²) in [6, 6.07) is 15.6. The van der Waals surface area contributed by atoms with Crippen molar-refractivity contribution in [3.05, 3.63) is 64.7 Å². The molecule has 0 aliphatic carbocycles. The molecule has 2 aromatic carbocycles. The van der Waals surface area contributed by atoms with E-state index in [1.54, 1.807) is 7.11 Å². The molecule has 2 aromatic rings. The fourth-order valence-corrected chi connectivity index (χ4v) is 2.96. The van der Waals surface area contributed by atoms with Gasteiger partial charge in [0.2, 0.25) is 0 Å². The molecular formula is C18H21NO. The monoisotopic (exact) mass is 267 g/mol. The van der Waals surface area contributed by atoms with Crippen LogP contribution in [0.3, 0.4) is 0 Å². The Balaban J connectivity index is 2.00. The summed E-state index contributed by atoms with van der Waals surface area (Å²) in [5, 5.41) is 3.64. The number of fused-ring (bicyclic) bond motifs is 1. The summed E-state index contributed by atoms with van der Waals surface area (Å²) < 4.78 is 5.34. The van der Waals surface area contributed by atoms with Crippen LogP contribution < -0.4 is 10.1 Å². The Labute approximate surface area is 120 Å². The number of nitrogens with one attached hydrogen (secondary N) is 1. The fourth-order valence-electron chi connectivity index (χ4n) is 2.96. The number of benzene rings is 2. The summed E-state index contributed by atoms with van der Waals surface area (Å²) in [7, 11) is 1.73. The molecule has 0 saturated carbocycles. The average Bonchev–Trinajstić information content (AvgIpc) is 2.53. The second-order valence-corrected chi connectivity index (χ2v) is 5.30. The molecule has 0 aromatic heterocycles. The van der Waals surface area contributed by atoms with Gasteiger partial charge in [0.15, 0.2) is 0 Å². The molecule has 3 rings (SSSR count). The maximum Gasteiger partial charge on any atom is 0.119 e. The summed E-state index contributed by atoms with van der Waals surface area (Å²) in [5.74, 6) is 0.951. The van der Waals surface area contributed by atoms with E-state index in [4.69, 9.17) is 4.74 Å². The molecule has 2 heteroatoms. The van der Waals surface area contributed by atoms with Gasteiger partial charge in [0.25, 0.3) is 0 Å². The Kier molecular flexibility index (Phi) is 3.75. The third kappa shape index (κ3) is 2.44. The van der Waals surface area contributed by atoms with E-state index < -0.39 is 0 Å². The van der Waals surface area contributed by atoms with Crippen molar-refractivity contribution >= 4 is 0 Å². The quantitative estimate of drug-likeness (QED) is 0.919. The van der Waals surface area contributed by atoms with Crippen LogP contribution in [0.2, 0.25) is 0 Å². The third-order valence-corrected chi connectivity index (χ3v) is 4.10. The molecular weight excluding hydrogens is 246 g/mol. The molecule has 1 atom stereocenters. The molecule has 1 unspecified atom stereocenters. The van der Waals surface area contributed by atoms with Gasteiger partial charge >= 0.3 is 0 Å². The molecule has 0 fully saturated rings. The first-order valence-corrected chi connectivity index (χ1v) is 7.31. The second kappa shape index (κ2) is 5.68. The van der Waals surface area contributed by atoms with Crippen molar-refractivity contribution in [1.29, 1.82) is 0 Å². The van der Waals surface area contributed by atoms with Gasteiger partial charge in [-0.1, -0.05) is 37.3 Å². The smallest absolute Gasteiger partial charge is 0.119 e. The van der Waals surface area contributed by atoms with E-state index >= 15 is 0 Å². The van der Waals surface area contributed by atoms with Gasteiger partial charge in [-0.25, -0.2) is 0 Å². The van der Waals surface area contributed by atoms with Crippen molar-refractivity contribution < 1.29 is 4.74 Å². The van der Waals surface area contributed by atoms with E-state index in [9.17, 15) is 0 Å². The number of rotatable bonds is 3. The summed E-state index contributed by atoms with van der Waals surface area (Å²) in [5.41, 5.74) is 5.53.